The predicted octanol–water partition coefficient (Wildman–Crippen LogP) is 3.17. The first kappa shape index (κ1) is 14.2. The second kappa shape index (κ2) is 5.07. The van der Waals surface area contributed by atoms with E-state index in [-0.39, 0.29) is 11.2 Å². The highest BCUT2D eigenvalue weighted by Gasteiger charge is 2.20. The van der Waals surface area contributed by atoms with Crippen LogP contribution in [0.4, 0.5) is 10.2 Å². The summed E-state index contributed by atoms with van der Waals surface area (Å²) >= 11 is 0. The number of nitrogens with two attached hydrogens (primary N) is 1. The molecule has 4 nitrogen and oxygen atoms in total. The second-order valence-electron chi connectivity index (χ2n) is 5.57. The van der Waals surface area contributed by atoms with Crippen molar-refractivity contribution < 1.29 is 9.13 Å². The van der Waals surface area contributed by atoms with Crippen molar-refractivity contribution in [2.24, 2.45) is 0 Å². The van der Waals surface area contributed by atoms with Crippen molar-refractivity contribution in [3.05, 3.63) is 35.9 Å². The molecule has 1 aromatic carbocycles. The van der Waals surface area contributed by atoms with Crippen LogP contribution in [0.5, 0.6) is 5.75 Å². The van der Waals surface area contributed by atoms with Gasteiger partial charge in [0.1, 0.15) is 11.6 Å². The summed E-state index contributed by atoms with van der Waals surface area (Å²) in [7, 11) is 1.43. The Bertz CT molecular complexity index is 636. The Hall–Kier alpha value is -2.17. The Balaban J connectivity index is 2.62. The van der Waals surface area contributed by atoms with Gasteiger partial charge in [-0.3, -0.25) is 0 Å². The number of rotatable bonds is 2. The predicted molar refractivity (Wildman–Crippen MR) is 77.1 cm³/mol. The summed E-state index contributed by atoms with van der Waals surface area (Å²) < 4.78 is 19.3. The third kappa shape index (κ3) is 2.71. The smallest absolute Gasteiger partial charge is 0.174 e. The number of anilines is 1. The number of aromatic nitrogens is 2. The highest BCUT2D eigenvalue weighted by molar-refractivity contribution is 5.64. The molecule has 0 fully saturated rings. The van der Waals surface area contributed by atoms with E-state index in [4.69, 9.17) is 10.5 Å². The van der Waals surface area contributed by atoms with Gasteiger partial charge in [-0.2, -0.15) is 0 Å². The zero-order valence-corrected chi connectivity index (χ0v) is 12.1. The van der Waals surface area contributed by atoms with E-state index >= 15 is 0 Å². The van der Waals surface area contributed by atoms with Crippen molar-refractivity contribution in [3.63, 3.8) is 0 Å². The van der Waals surface area contributed by atoms with E-state index in [1.54, 1.807) is 24.3 Å². The van der Waals surface area contributed by atoms with Gasteiger partial charge in [0.15, 0.2) is 11.6 Å². The maximum atomic E-state index is 14.3. The first-order valence-corrected chi connectivity index (χ1v) is 6.31. The molecule has 0 spiro atoms. The molecular formula is C15H18FN3O. The fourth-order valence-electron chi connectivity index (χ4n) is 1.81. The number of benzene rings is 1. The van der Waals surface area contributed by atoms with Gasteiger partial charge in [0, 0.05) is 17.0 Å². The molecule has 106 valence electrons. The van der Waals surface area contributed by atoms with Crippen LogP contribution in [0.3, 0.4) is 0 Å². The first-order valence-electron chi connectivity index (χ1n) is 6.31. The maximum Gasteiger partial charge on any atom is 0.174 e. The van der Waals surface area contributed by atoms with Gasteiger partial charge in [-0.05, 0) is 12.1 Å². The standard InChI is InChI=1S/C15H18FN3O/c1-15(2,3)14-18-10(8-12(17)19-14)9-6-5-7-11(20-4)13(9)16/h5-8H,1-4H3,(H2,17,18,19). The normalized spacial score (nSPS) is 11.4. The van der Waals surface area contributed by atoms with E-state index in [1.807, 2.05) is 20.8 Å². The van der Waals surface area contributed by atoms with Gasteiger partial charge >= 0.3 is 0 Å². The molecule has 2 rings (SSSR count). The number of halogens is 1. The van der Waals surface area contributed by atoms with E-state index in [1.165, 1.54) is 7.11 Å². The molecule has 0 aliphatic heterocycles. The number of hydrogen-bond acceptors (Lipinski definition) is 4. The van der Waals surface area contributed by atoms with Gasteiger partial charge in [0.25, 0.3) is 0 Å². The van der Waals surface area contributed by atoms with E-state index in [0.717, 1.165) is 0 Å². The molecule has 0 amide bonds. The highest BCUT2D eigenvalue weighted by Crippen LogP contribution is 2.30. The monoisotopic (exact) mass is 275 g/mol. The Morgan fingerprint density at radius 3 is 2.50 bits per heavy atom. The van der Waals surface area contributed by atoms with Crippen molar-refractivity contribution in [1.29, 1.82) is 0 Å². The number of hydrogen-bond donors (Lipinski definition) is 1. The number of nitrogen functional groups attached to an aromatic ring is 1. The van der Waals surface area contributed by atoms with Crippen LogP contribution in [0.2, 0.25) is 0 Å². The van der Waals surface area contributed by atoms with Gasteiger partial charge in [-0.15, -0.1) is 0 Å². The zero-order valence-electron chi connectivity index (χ0n) is 12.1. The fraction of sp³-hybridized carbons (Fsp3) is 0.333. The van der Waals surface area contributed by atoms with Crippen LogP contribution in [-0.4, -0.2) is 17.1 Å². The summed E-state index contributed by atoms with van der Waals surface area (Å²) in [5.41, 5.74) is 6.35. The van der Waals surface area contributed by atoms with Crippen LogP contribution in [0.1, 0.15) is 26.6 Å². The number of ether oxygens (including phenoxy) is 1. The molecule has 1 heterocycles. The lowest BCUT2D eigenvalue weighted by atomic mass is 9.95. The van der Waals surface area contributed by atoms with Gasteiger partial charge in [-0.25, -0.2) is 14.4 Å². The van der Waals surface area contributed by atoms with Crippen LogP contribution < -0.4 is 10.5 Å². The third-order valence-electron chi connectivity index (χ3n) is 2.88. The Kier molecular flexibility index (Phi) is 3.61. The lowest BCUT2D eigenvalue weighted by Crippen LogP contribution is -2.17. The van der Waals surface area contributed by atoms with Gasteiger partial charge in [0.05, 0.1) is 12.8 Å². The van der Waals surface area contributed by atoms with E-state index in [2.05, 4.69) is 9.97 Å². The van der Waals surface area contributed by atoms with E-state index in [9.17, 15) is 4.39 Å². The molecule has 2 aromatic rings. The summed E-state index contributed by atoms with van der Waals surface area (Å²) in [6, 6.07) is 6.49. The molecule has 0 aliphatic carbocycles. The molecule has 0 saturated carbocycles. The van der Waals surface area contributed by atoms with E-state index < -0.39 is 5.82 Å². The lowest BCUT2D eigenvalue weighted by Gasteiger charge is -2.18. The quantitative estimate of drug-likeness (QED) is 0.914. The Morgan fingerprint density at radius 2 is 1.90 bits per heavy atom. The molecule has 0 unspecified atom stereocenters. The molecule has 5 heteroatoms. The molecule has 20 heavy (non-hydrogen) atoms. The van der Waals surface area contributed by atoms with Crippen LogP contribution in [0, 0.1) is 5.82 Å². The number of methoxy groups -OCH3 is 1. The summed E-state index contributed by atoms with van der Waals surface area (Å²) in [5, 5.41) is 0. The van der Waals surface area contributed by atoms with Gasteiger partial charge in [-0.1, -0.05) is 26.8 Å². The zero-order chi connectivity index (χ0) is 14.9. The molecular weight excluding hydrogens is 257 g/mol. The van der Waals surface area contributed by atoms with Crippen molar-refractivity contribution in [1.82, 2.24) is 9.97 Å². The topological polar surface area (TPSA) is 61.0 Å². The molecule has 0 saturated heterocycles. The summed E-state index contributed by atoms with van der Waals surface area (Å²) in [6.07, 6.45) is 0. The molecule has 0 aliphatic rings. The van der Waals surface area contributed by atoms with Crippen molar-refractivity contribution in [3.8, 4) is 17.0 Å². The highest BCUT2D eigenvalue weighted by atomic mass is 19.1. The number of nitrogens with zero attached hydrogens (tertiary/aromatic N) is 2. The van der Waals surface area contributed by atoms with Crippen molar-refractivity contribution in [2.75, 3.05) is 12.8 Å². The average molecular weight is 275 g/mol. The summed E-state index contributed by atoms with van der Waals surface area (Å²) in [5.74, 6) is 0.627. The molecule has 0 radical (unpaired) electrons. The van der Waals surface area contributed by atoms with Crippen LogP contribution >= 0.6 is 0 Å². The van der Waals surface area contributed by atoms with Crippen LogP contribution in [0.15, 0.2) is 24.3 Å². The largest absolute Gasteiger partial charge is 0.494 e. The lowest BCUT2D eigenvalue weighted by molar-refractivity contribution is 0.387. The fourth-order valence-corrected chi connectivity index (χ4v) is 1.81. The van der Waals surface area contributed by atoms with Crippen LogP contribution in [0.25, 0.3) is 11.3 Å². The molecule has 2 N–H and O–H groups in total. The minimum atomic E-state index is -0.451. The second-order valence-corrected chi connectivity index (χ2v) is 5.57. The summed E-state index contributed by atoms with van der Waals surface area (Å²) in [4.78, 5) is 8.64. The third-order valence-corrected chi connectivity index (χ3v) is 2.88. The summed E-state index contributed by atoms with van der Waals surface area (Å²) in [6.45, 7) is 5.94. The van der Waals surface area contributed by atoms with Crippen molar-refractivity contribution in [2.45, 2.75) is 26.2 Å². The average Bonchev–Trinajstić information content (AvgIpc) is 2.37. The van der Waals surface area contributed by atoms with Gasteiger partial charge < -0.3 is 10.5 Å². The van der Waals surface area contributed by atoms with Gasteiger partial charge in [0.2, 0.25) is 0 Å². The molecule has 0 bridgehead atoms. The molecule has 0 atom stereocenters. The SMILES string of the molecule is COc1cccc(-c2cc(N)nc(C(C)(C)C)n2)c1F. The Labute approximate surface area is 117 Å². The maximum absolute atomic E-state index is 14.3. The minimum absolute atomic E-state index is 0.178. The Morgan fingerprint density at radius 1 is 1.20 bits per heavy atom. The van der Waals surface area contributed by atoms with E-state index in [0.29, 0.717) is 22.9 Å². The minimum Gasteiger partial charge on any atom is -0.494 e. The first-order chi connectivity index (χ1) is 9.32. The van der Waals surface area contributed by atoms with Crippen LogP contribution in [-0.2, 0) is 5.41 Å². The van der Waals surface area contributed by atoms with Crippen molar-refractivity contribution >= 4 is 5.82 Å². The molecule has 1 aromatic heterocycles.